The fraction of sp³-hybridized carbons (Fsp3) is 0.517. The van der Waals surface area contributed by atoms with E-state index < -0.39 is 16.1 Å². The van der Waals surface area contributed by atoms with Gasteiger partial charge in [-0.1, -0.05) is 45.0 Å². The molecule has 2 amide bonds. The minimum absolute atomic E-state index is 0.0763. The summed E-state index contributed by atoms with van der Waals surface area (Å²) < 4.78 is 37.5. The third-order valence-corrected chi connectivity index (χ3v) is 7.35. The molecule has 0 saturated heterocycles. The summed E-state index contributed by atoms with van der Waals surface area (Å²) in [4.78, 5) is 28.3. The number of sulfonamides is 1. The second kappa shape index (κ2) is 15.4. The lowest BCUT2D eigenvalue weighted by Gasteiger charge is -2.31. The van der Waals surface area contributed by atoms with Gasteiger partial charge < -0.3 is 19.7 Å². The molecule has 0 aliphatic heterocycles. The smallest absolute Gasteiger partial charge is 0.242 e. The van der Waals surface area contributed by atoms with Crippen molar-refractivity contribution in [1.29, 1.82) is 0 Å². The number of carbonyl (C=O) groups is 2. The van der Waals surface area contributed by atoms with Gasteiger partial charge in [-0.3, -0.25) is 13.9 Å². The molecule has 0 aromatic heterocycles. The molecule has 0 spiro atoms. The zero-order chi connectivity index (χ0) is 29.0. The van der Waals surface area contributed by atoms with Crippen LogP contribution in [0.5, 0.6) is 11.5 Å². The maximum absolute atomic E-state index is 13.6. The Morgan fingerprint density at radius 1 is 1.03 bits per heavy atom. The van der Waals surface area contributed by atoms with Gasteiger partial charge in [0, 0.05) is 26.1 Å². The van der Waals surface area contributed by atoms with Crippen molar-refractivity contribution in [2.75, 3.05) is 37.4 Å². The van der Waals surface area contributed by atoms with Crippen molar-refractivity contribution in [3.63, 3.8) is 0 Å². The van der Waals surface area contributed by atoms with E-state index in [1.54, 1.807) is 36.3 Å². The molecule has 0 bridgehead atoms. The average molecular weight is 562 g/mol. The van der Waals surface area contributed by atoms with Gasteiger partial charge in [-0.15, -0.1) is 0 Å². The molecule has 2 rings (SSSR count). The molecular formula is C29H43N3O6S. The Kier molecular flexibility index (Phi) is 12.6. The Labute approximate surface area is 233 Å². The number of para-hydroxylation sites is 2. The highest BCUT2D eigenvalue weighted by molar-refractivity contribution is 7.92. The average Bonchev–Trinajstić information content (AvgIpc) is 2.90. The summed E-state index contributed by atoms with van der Waals surface area (Å²) in [5, 5.41) is 2.95. The molecule has 0 saturated carbocycles. The van der Waals surface area contributed by atoms with Gasteiger partial charge in [-0.25, -0.2) is 8.42 Å². The number of hydrogen-bond donors (Lipinski definition) is 1. The Morgan fingerprint density at radius 2 is 1.69 bits per heavy atom. The quantitative estimate of drug-likeness (QED) is 0.329. The summed E-state index contributed by atoms with van der Waals surface area (Å²) in [6, 6.07) is 13.7. The van der Waals surface area contributed by atoms with Gasteiger partial charge >= 0.3 is 0 Å². The zero-order valence-corrected chi connectivity index (χ0v) is 24.8. The van der Waals surface area contributed by atoms with Crippen LogP contribution in [0.2, 0.25) is 0 Å². The van der Waals surface area contributed by atoms with E-state index in [0.717, 1.165) is 11.8 Å². The molecule has 1 N–H and O–H groups in total. The highest BCUT2D eigenvalue weighted by Crippen LogP contribution is 2.30. The summed E-state index contributed by atoms with van der Waals surface area (Å²) in [5.74, 6) is 1.02. The van der Waals surface area contributed by atoms with Gasteiger partial charge in [0.15, 0.2) is 0 Å². The van der Waals surface area contributed by atoms with Crippen molar-refractivity contribution < 1.29 is 27.5 Å². The number of nitrogens with one attached hydrogen (secondary N) is 1. The Morgan fingerprint density at radius 3 is 2.26 bits per heavy atom. The molecule has 1 atom stereocenters. The maximum atomic E-state index is 13.6. The minimum atomic E-state index is -3.63. The lowest BCUT2D eigenvalue weighted by Crippen LogP contribution is -2.49. The van der Waals surface area contributed by atoms with Crippen LogP contribution in [-0.4, -0.2) is 64.2 Å². The summed E-state index contributed by atoms with van der Waals surface area (Å²) in [7, 11) is -2.04. The molecule has 0 heterocycles. The number of ether oxygens (including phenoxy) is 2. The van der Waals surface area contributed by atoms with Crippen LogP contribution < -0.4 is 19.1 Å². The largest absolute Gasteiger partial charge is 0.497 e. The third-order valence-electron chi connectivity index (χ3n) is 6.17. The first-order chi connectivity index (χ1) is 18.5. The number of amides is 2. The van der Waals surface area contributed by atoms with Crippen molar-refractivity contribution in [2.24, 2.45) is 5.92 Å². The first-order valence-corrected chi connectivity index (χ1v) is 15.3. The van der Waals surface area contributed by atoms with Crippen LogP contribution in [0.15, 0.2) is 48.5 Å². The van der Waals surface area contributed by atoms with Gasteiger partial charge in [-0.05, 0) is 55.5 Å². The second-order valence-electron chi connectivity index (χ2n) is 9.77. The molecule has 0 unspecified atom stereocenters. The monoisotopic (exact) mass is 561 g/mol. The van der Waals surface area contributed by atoms with E-state index in [0.29, 0.717) is 36.8 Å². The van der Waals surface area contributed by atoms with Crippen molar-refractivity contribution in [1.82, 2.24) is 10.2 Å². The standard InChI is InChI=1S/C29H43N3O6S/c1-7-25(29(34)30-20-22(3)4)31(21-23-15-17-24(37-5)18-16-23)28(33)14-11-19-32(39(6,35)36)26-12-9-10-13-27(26)38-8-2/h9-10,12-13,15-18,22,25H,7-8,11,14,19-21H2,1-6H3,(H,30,34)/t25-/m1/s1. The molecule has 9 nitrogen and oxygen atoms in total. The van der Waals surface area contributed by atoms with E-state index in [9.17, 15) is 18.0 Å². The molecule has 2 aromatic rings. The molecule has 216 valence electrons. The van der Waals surface area contributed by atoms with Crippen LogP contribution in [-0.2, 0) is 26.2 Å². The van der Waals surface area contributed by atoms with Gasteiger partial charge in [-0.2, -0.15) is 0 Å². The normalized spacial score (nSPS) is 12.1. The second-order valence-corrected chi connectivity index (χ2v) is 11.7. The SMILES string of the molecule is CCOc1ccccc1N(CCCC(=O)N(Cc1ccc(OC)cc1)[C@H](CC)C(=O)NCC(C)C)S(C)(=O)=O. The summed E-state index contributed by atoms with van der Waals surface area (Å²) in [6.45, 7) is 8.99. The van der Waals surface area contributed by atoms with Gasteiger partial charge in [0.05, 0.1) is 25.7 Å². The molecule has 0 aliphatic rings. The number of methoxy groups -OCH3 is 1. The van der Waals surface area contributed by atoms with Crippen molar-refractivity contribution in [3.05, 3.63) is 54.1 Å². The first-order valence-electron chi connectivity index (χ1n) is 13.4. The lowest BCUT2D eigenvalue weighted by atomic mass is 10.1. The first kappa shape index (κ1) is 31.9. The van der Waals surface area contributed by atoms with E-state index >= 15 is 0 Å². The van der Waals surface area contributed by atoms with E-state index in [1.807, 2.05) is 52.0 Å². The van der Waals surface area contributed by atoms with E-state index in [1.165, 1.54) is 4.31 Å². The number of rotatable bonds is 16. The minimum Gasteiger partial charge on any atom is -0.497 e. The van der Waals surface area contributed by atoms with Crippen molar-refractivity contribution in [2.45, 2.75) is 59.5 Å². The lowest BCUT2D eigenvalue weighted by molar-refractivity contribution is -0.141. The maximum Gasteiger partial charge on any atom is 0.242 e. The molecule has 0 radical (unpaired) electrons. The predicted molar refractivity (Wildman–Crippen MR) is 155 cm³/mol. The molecule has 10 heteroatoms. The number of anilines is 1. The summed E-state index contributed by atoms with van der Waals surface area (Å²) in [5.41, 5.74) is 1.30. The summed E-state index contributed by atoms with van der Waals surface area (Å²) in [6.07, 6.45) is 1.94. The van der Waals surface area contributed by atoms with Crippen molar-refractivity contribution >= 4 is 27.5 Å². The number of hydrogen-bond acceptors (Lipinski definition) is 6. The molecule has 2 aromatic carbocycles. The summed E-state index contributed by atoms with van der Waals surface area (Å²) >= 11 is 0. The third kappa shape index (κ3) is 9.76. The predicted octanol–water partition coefficient (Wildman–Crippen LogP) is 4.22. The number of carbonyl (C=O) groups excluding carboxylic acids is 2. The molecule has 0 fully saturated rings. The van der Waals surface area contributed by atoms with Gasteiger partial charge in [0.25, 0.3) is 0 Å². The van der Waals surface area contributed by atoms with Crippen LogP contribution in [0.1, 0.15) is 52.5 Å². The highest BCUT2D eigenvalue weighted by Gasteiger charge is 2.29. The van der Waals surface area contributed by atoms with E-state index in [2.05, 4.69) is 5.32 Å². The highest BCUT2D eigenvalue weighted by atomic mass is 32.2. The van der Waals surface area contributed by atoms with Crippen LogP contribution >= 0.6 is 0 Å². The molecule has 39 heavy (non-hydrogen) atoms. The van der Waals surface area contributed by atoms with Crippen LogP contribution in [0.4, 0.5) is 5.69 Å². The van der Waals surface area contributed by atoms with Gasteiger partial charge in [0.2, 0.25) is 21.8 Å². The molecular weight excluding hydrogens is 518 g/mol. The Hall–Kier alpha value is -3.27. The van der Waals surface area contributed by atoms with Crippen LogP contribution in [0.25, 0.3) is 0 Å². The Bertz CT molecular complexity index is 1170. The Balaban J connectivity index is 2.25. The fourth-order valence-corrected chi connectivity index (χ4v) is 5.16. The van der Waals surface area contributed by atoms with Gasteiger partial charge in [0.1, 0.15) is 17.5 Å². The molecule has 0 aliphatic carbocycles. The zero-order valence-electron chi connectivity index (χ0n) is 24.0. The topological polar surface area (TPSA) is 105 Å². The van der Waals surface area contributed by atoms with Crippen molar-refractivity contribution in [3.8, 4) is 11.5 Å². The van der Waals surface area contributed by atoms with E-state index in [4.69, 9.17) is 9.47 Å². The van der Waals surface area contributed by atoms with E-state index in [-0.39, 0.29) is 43.7 Å². The number of benzene rings is 2. The fourth-order valence-electron chi connectivity index (χ4n) is 4.19. The van der Waals surface area contributed by atoms with Crippen LogP contribution in [0.3, 0.4) is 0 Å². The van der Waals surface area contributed by atoms with Crippen LogP contribution in [0, 0.1) is 5.92 Å². The number of nitrogens with zero attached hydrogens (tertiary/aromatic N) is 2.